The van der Waals surface area contributed by atoms with E-state index in [-0.39, 0.29) is 5.97 Å². The molecule has 0 aromatic rings. The lowest BCUT2D eigenvalue weighted by Crippen LogP contribution is -2.38. The van der Waals surface area contributed by atoms with Crippen molar-refractivity contribution in [3.63, 3.8) is 0 Å². The van der Waals surface area contributed by atoms with Crippen molar-refractivity contribution in [2.24, 2.45) is 5.73 Å². The number of carbonyl (C=O) groups excluding carboxylic acids is 1. The highest BCUT2D eigenvalue weighted by Gasteiger charge is 2.26. The molecular formula is C9H18N2O2. The number of carbonyl (C=O) groups is 1. The molecule has 13 heavy (non-hydrogen) atoms. The first-order valence-corrected chi connectivity index (χ1v) is 4.68. The Hall–Kier alpha value is -0.610. The van der Waals surface area contributed by atoms with Crippen LogP contribution >= 0.6 is 0 Å². The summed E-state index contributed by atoms with van der Waals surface area (Å²) < 4.78 is 4.58. The van der Waals surface area contributed by atoms with Gasteiger partial charge < -0.3 is 15.4 Å². The predicted molar refractivity (Wildman–Crippen MR) is 50.3 cm³/mol. The quantitative estimate of drug-likeness (QED) is 0.629. The summed E-state index contributed by atoms with van der Waals surface area (Å²) in [5, 5.41) is 0. The van der Waals surface area contributed by atoms with Gasteiger partial charge in [-0.2, -0.15) is 0 Å². The van der Waals surface area contributed by atoms with Gasteiger partial charge in [0, 0.05) is 6.04 Å². The number of hydrogen-bond acceptors (Lipinski definition) is 4. The first-order valence-electron chi connectivity index (χ1n) is 4.68. The first kappa shape index (κ1) is 10.5. The summed E-state index contributed by atoms with van der Waals surface area (Å²) in [5.74, 6) is -0.305. The fraction of sp³-hybridized carbons (Fsp3) is 0.889. The number of nitrogens with two attached hydrogens (primary N) is 1. The van der Waals surface area contributed by atoms with Gasteiger partial charge in [0.2, 0.25) is 0 Å². The van der Waals surface area contributed by atoms with Crippen molar-refractivity contribution >= 4 is 5.97 Å². The van der Waals surface area contributed by atoms with Crippen LogP contribution in [0.4, 0.5) is 0 Å². The summed E-state index contributed by atoms with van der Waals surface area (Å²) in [5.41, 5.74) is 5.67. The molecule has 0 spiro atoms. The number of esters is 1. The number of likely N-dealkylation sites (tertiary alicyclic amines) is 1. The molecule has 0 amide bonds. The molecule has 0 saturated carbocycles. The van der Waals surface area contributed by atoms with Gasteiger partial charge in [-0.15, -0.1) is 0 Å². The van der Waals surface area contributed by atoms with Gasteiger partial charge in [-0.3, -0.25) is 4.79 Å². The maximum Gasteiger partial charge on any atom is 0.322 e. The summed E-state index contributed by atoms with van der Waals surface area (Å²) in [4.78, 5) is 13.3. The van der Waals surface area contributed by atoms with E-state index in [2.05, 4.69) is 16.7 Å². The smallest absolute Gasteiger partial charge is 0.322 e. The highest BCUT2D eigenvalue weighted by atomic mass is 16.5. The van der Waals surface area contributed by atoms with Crippen LogP contribution in [-0.4, -0.2) is 43.7 Å². The van der Waals surface area contributed by atoms with Crippen LogP contribution in [0.2, 0.25) is 0 Å². The minimum Gasteiger partial charge on any atom is -0.468 e. The Bertz CT molecular complexity index is 184. The molecular weight excluding hydrogens is 168 g/mol. The topological polar surface area (TPSA) is 55.6 Å². The van der Waals surface area contributed by atoms with E-state index in [1.165, 1.54) is 13.5 Å². The molecule has 4 nitrogen and oxygen atoms in total. The fourth-order valence-electron chi connectivity index (χ4n) is 1.82. The molecule has 76 valence electrons. The van der Waals surface area contributed by atoms with E-state index in [0.29, 0.717) is 12.5 Å². The lowest BCUT2D eigenvalue weighted by molar-refractivity contribution is -0.142. The van der Waals surface area contributed by atoms with Crippen LogP contribution in [0, 0.1) is 0 Å². The zero-order valence-corrected chi connectivity index (χ0v) is 8.32. The van der Waals surface area contributed by atoms with Crippen LogP contribution < -0.4 is 5.73 Å². The van der Waals surface area contributed by atoms with Crippen LogP contribution in [-0.2, 0) is 9.53 Å². The van der Waals surface area contributed by atoms with E-state index in [4.69, 9.17) is 5.73 Å². The Kier molecular flexibility index (Phi) is 3.69. The van der Waals surface area contributed by atoms with E-state index in [0.717, 1.165) is 13.0 Å². The molecule has 1 rings (SSSR count). The van der Waals surface area contributed by atoms with E-state index < -0.39 is 6.04 Å². The molecule has 4 heteroatoms. The van der Waals surface area contributed by atoms with Crippen molar-refractivity contribution < 1.29 is 9.53 Å². The average molecular weight is 186 g/mol. The van der Waals surface area contributed by atoms with Gasteiger partial charge in [-0.05, 0) is 32.9 Å². The highest BCUT2D eigenvalue weighted by molar-refractivity contribution is 5.75. The van der Waals surface area contributed by atoms with E-state index in [1.807, 2.05) is 0 Å². The molecule has 0 bridgehead atoms. The zero-order chi connectivity index (χ0) is 9.84. The summed E-state index contributed by atoms with van der Waals surface area (Å²) in [7, 11) is 3.45. The number of methoxy groups -OCH3 is 1. The summed E-state index contributed by atoms with van der Waals surface area (Å²) >= 11 is 0. The summed E-state index contributed by atoms with van der Waals surface area (Å²) in [6, 6.07) is -0.00958. The van der Waals surface area contributed by atoms with Crippen LogP contribution in [0.15, 0.2) is 0 Å². The van der Waals surface area contributed by atoms with Crippen molar-refractivity contribution in [1.29, 1.82) is 0 Å². The van der Waals surface area contributed by atoms with Crippen LogP contribution in [0.1, 0.15) is 19.3 Å². The van der Waals surface area contributed by atoms with Crippen molar-refractivity contribution in [3.05, 3.63) is 0 Å². The maximum absolute atomic E-state index is 11.0. The molecule has 2 unspecified atom stereocenters. The number of rotatable bonds is 3. The van der Waals surface area contributed by atoms with E-state index in [1.54, 1.807) is 0 Å². The number of hydrogen-bond donors (Lipinski definition) is 1. The molecule has 0 radical (unpaired) electrons. The second-order valence-corrected chi connectivity index (χ2v) is 3.64. The lowest BCUT2D eigenvalue weighted by Gasteiger charge is -2.21. The second-order valence-electron chi connectivity index (χ2n) is 3.64. The zero-order valence-electron chi connectivity index (χ0n) is 8.32. The molecule has 0 aromatic carbocycles. The van der Waals surface area contributed by atoms with Crippen LogP contribution in [0.25, 0.3) is 0 Å². The van der Waals surface area contributed by atoms with E-state index >= 15 is 0 Å². The highest BCUT2D eigenvalue weighted by Crippen LogP contribution is 2.18. The molecule has 0 aliphatic carbocycles. The van der Waals surface area contributed by atoms with Gasteiger partial charge in [0.05, 0.1) is 7.11 Å². The molecule has 2 atom stereocenters. The van der Waals surface area contributed by atoms with Gasteiger partial charge in [0.1, 0.15) is 6.04 Å². The maximum atomic E-state index is 11.0. The molecule has 2 N–H and O–H groups in total. The Morgan fingerprint density at radius 1 is 1.77 bits per heavy atom. The minimum atomic E-state index is -0.462. The van der Waals surface area contributed by atoms with Gasteiger partial charge in [-0.1, -0.05) is 0 Å². The monoisotopic (exact) mass is 186 g/mol. The van der Waals surface area contributed by atoms with Crippen LogP contribution in [0.5, 0.6) is 0 Å². The minimum absolute atomic E-state index is 0.305. The van der Waals surface area contributed by atoms with Crippen LogP contribution in [0.3, 0.4) is 0 Å². The Morgan fingerprint density at radius 2 is 2.46 bits per heavy atom. The third-order valence-electron chi connectivity index (χ3n) is 2.70. The SMILES string of the molecule is COC(=O)C(N)CC1CCCN1C. The predicted octanol–water partition coefficient (Wildman–Crippen LogP) is -0.0290. The van der Waals surface area contributed by atoms with Crippen molar-refractivity contribution in [2.75, 3.05) is 20.7 Å². The Labute approximate surface area is 79.0 Å². The fourth-order valence-corrected chi connectivity index (χ4v) is 1.82. The second kappa shape index (κ2) is 4.58. The van der Waals surface area contributed by atoms with Crippen molar-refractivity contribution in [1.82, 2.24) is 4.90 Å². The third-order valence-corrected chi connectivity index (χ3v) is 2.70. The molecule has 1 aliphatic rings. The molecule has 1 fully saturated rings. The molecule has 1 aliphatic heterocycles. The van der Waals surface area contributed by atoms with Gasteiger partial charge in [0.25, 0.3) is 0 Å². The normalized spacial score (nSPS) is 25.9. The standard InChI is InChI=1S/C9H18N2O2/c1-11-5-3-4-7(11)6-8(10)9(12)13-2/h7-8H,3-6,10H2,1-2H3. The molecule has 1 heterocycles. The van der Waals surface area contributed by atoms with Crippen molar-refractivity contribution in [3.8, 4) is 0 Å². The third kappa shape index (κ3) is 2.67. The first-order chi connectivity index (χ1) is 6.15. The molecule has 0 aromatic heterocycles. The Morgan fingerprint density at radius 3 is 2.92 bits per heavy atom. The summed E-state index contributed by atoms with van der Waals surface area (Å²) in [6.45, 7) is 1.11. The van der Waals surface area contributed by atoms with E-state index in [9.17, 15) is 4.79 Å². The number of ether oxygens (including phenoxy) is 1. The van der Waals surface area contributed by atoms with Crippen molar-refractivity contribution in [2.45, 2.75) is 31.3 Å². The largest absolute Gasteiger partial charge is 0.468 e. The molecule has 1 saturated heterocycles. The van der Waals surface area contributed by atoms with Gasteiger partial charge in [0.15, 0.2) is 0 Å². The average Bonchev–Trinajstić information content (AvgIpc) is 2.50. The van der Waals surface area contributed by atoms with Gasteiger partial charge >= 0.3 is 5.97 Å². The summed E-state index contributed by atoms with van der Waals surface area (Å²) in [6.07, 6.45) is 3.05. The number of nitrogens with zero attached hydrogens (tertiary/aromatic N) is 1. The van der Waals surface area contributed by atoms with Gasteiger partial charge in [-0.25, -0.2) is 0 Å². The Balaban J connectivity index is 2.34. The lowest BCUT2D eigenvalue weighted by atomic mass is 10.1.